The number of aliphatic carboxylic acids is 1. The molecule has 16 heavy (non-hydrogen) atoms. The van der Waals surface area contributed by atoms with E-state index in [1.165, 1.54) is 0 Å². The number of rotatable bonds is 3. The van der Waals surface area contributed by atoms with Gasteiger partial charge in [0, 0.05) is 18.9 Å². The minimum Gasteiger partial charge on any atom is -0.550 e. The summed E-state index contributed by atoms with van der Waals surface area (Å²) in [6.07, 6.45) is 4.67. The highest BCUT2D eigenvalue weighted by molar-refractivity contribution is 6.05. The third-order valence-electron chi connectivity index (χ3n) is 3.14. The smallest absolute Gasteiger partial charge is 0.233 e. The molecule has 0 aromatic carbocycles. The summed E-state index contributed by atoms with van der Waals surface area (Å²) < 4.78 is 0. The molecule has 2 aliphatic rings. The Labute approximate surface area is 92.7 Å². The maximum Gasteiger partial charge on any atom is 0.233 e. The zero-order valence-corrected chi connectivity index (χ0v) is 8.72. The number of fused-ring (bicyclic) bond motifs is 1. The summed E-state index contributed by atoms with van der Waals surface area (Å²) in [5, 5.41) is 10.3. The average molecular weight is 222 g/mol. The number of carbonyl (C=O) groups excluding carboxylic acids is 3. The van der Waals surface area contributed by atoms with Crippen LogP contribution >= 0.6 is 0 Å². The molecule has 2 atom stereocenters. The molecule has 0 bridgehead atoms. The van der Waals surface area contributed by atoms with Crippen LogP contribution in [0.4, 0.5) is 0 Å². The fourth-order valence-electron chi connectivity index (χ4n) is 2.29. The second-order valence-electron chi connectivity index (χ2n) is 4.11. The highest BCUT2D eigenvalue weighted by Gasteiger charge is 2.46. The third-order valence-corrected chi connectivity index (χ3v) is 3.14. The van der Waals surface area contributed by atoms with Gasteiger partial charge in [-0.2, -0.15) is 0 Å². The predicted octanol–water partition coefficient (Wildman–Crippen LogP) is -0.922. The minimum absolute atomic E-state index is 0.0625. The van der Waals surface area contributed by atoms with Crippen molar-refractivity contribution in [2.45, 2.75) is 19.3 Å². The van der Waals surface area contributed by atoms with Gasteiger partial charge in [-0.3, -0.25) is 14.5 Å². The van der Waals surface area contributed by atoms with Gasteiger partial charge in [-0.25, -0.2) is 0 Å². The van der Waals surface area contributed by atoms with Crippen molar-refractivity contribution in [3.05, 3.63) is 12.2 Å². The number of carboxylic acid groups (broad SMARTS) is 1. The number of nitrogens with zero attached hydrogens (tertiary/aromatic N) is 1. The Hall–Kier alpha value is -1.65. The Morgan fingerprint density at radius 3 is 2.19 bits per heavy atom. The number of hydrogen-bond donors (Lipinski definition) is 0. The van der Waals surface area contributed by atoms with Crippen LogP contribution < -0.4 is 5.11 Å². The van der Waals surface area contributed by atoms with Crippen LogP contribution in [-0.4, -0.2) is 29.2 Å². The van der Waals surface area contributed by atoms with Crippen molar-refractivity contribution in [3.8, 4) is 0 Å². The van der Waals surface area contributed by atoms with Crippen molar-refractivity contribution in [3.63, 3.8) is 0 Å². The maximum atomic E-state index is 11.8. The summed E-state index contributed by atoms with van der Waals surface area (Å²) in [7, 11) is 0. The molecule has 0 aromatic rings. The fraction of sp³-hybridized carbons (Fsp3) is 0.545. The van der Waals surface area contributed by atoms with Crippen LogP contribution in [0.15, 0.2) is 12.2 Å². The van der Waals surface area contributed by atoms with Crippen molar-refractivity contribution < 1.29 is 19.5 Å². The molecule has 1 saturated heterocycles. The van der Waals surface area contributed by atoms with E-state index in [9.17, 15) is 19.5 Å². The summed E-state index contributed by atoms with van der Waals surface area (Å²) >= 11 is 0. The zero-order chi connectivity index (χ0) is 11.7. The van der Waals surface area contributed by atoms with Gasteiger partial charge in [-0.15, -0.1) is 0 Å². The van der Waals surface area contributed by atoms with Crippen molar-refractivity contribution >= 4 is 17.8 Å². The molecule has 5 nitrogen and oxygen atoms in total. The summed E-state index contributed by atoms with van der Waals surface area (Å²) in [6, 6.07) is 0. The quantitative estimate of drug-likeness (QED) is 0.457. The topological polar surface area (TPSA) is 77.5 Å². The van der Waals surface area contributed by atoms with Crippen LogP contribution in [0.3, 0.4) is 0 Å². The second kappa shape index (κ2) is 4.08. The Morgan fingerprint density at radius 1 is 1.25 bits per heavy atom. The van der Waals surface area contributed by atoms with Gasteiger partial charge in [0.15, 0.2) is 0 Å². The molecule has 0 N–H and O–H groups in total. The molecular weight excluding hydrogens is 210 g/mol. The van der Waals surface area contributed by atoms with Crippen LogP contribution in [-0.2, 0) is 14.4 Å². The second-order valence-corrected chi connectivity index (χ2v) is 4.11. The molecule has 2 amide bonds. The van der Waals surface area contributed by atoms with Gasteiger partial charge < -0.3 is 9.90 Å². The molecule has 5 heteroatoms. The Kier molecular flexibility index (Phi) is 2.77. The molecule has 0 radical (unpaired) electrons. The number of allylic oxidation sites excluding steroid dienone is 2. The van der Waals surface area contributed by atoms with E-state index in [-0.39, 0.29) is 36.6 Å². The summed E-state index contributed by atoms with van der Waals surface area (Å²) in [4.78, 5) is 35.0. The van der Waals surface area contributed by atoms with Gasteiger partial charge >= 0.3 is 0 Å². The number of hydrogen-bond acceptors (Lipinski definition) is 4. The molecule has 0 spiro atoms. The largest absolute Gasteiger partial charge is 0.550 e. The van der Waals surface area contributed by atoms with Crippen molar-refractivity contribution in [1.82, 2.24) is 4.90 Å². The highest BCUT2D eigenvalue weighted by atomic mass is 16.4. The first-order valence-electron chi connectivity index (χ1n) is 5.31. The molecule has 1 aliphatic heterocycles. The first-order valence-corrected chi connectivity index (χ1v) is 5.31. The number of amides is 2. The molecule has 0 saturated carbocycles. The molecule has 86 valence electrons. The molecule has 1 aliphatic carbocycles. The van der Waals surface area contributed by atoms with Crippen molar-refractivity contribution in [1.29, 1.82) is 0 Å². The standard InChI is InChI=1S/C11H13NO4/c13-9(14)5-6-12-10(15)7-3-1-2-4-8(7)11(12)16/h1-2,7-8H,3-6H2,(H,13,14)/p-1/t7-,8-/m1/s1. The van der Waals surface area contributed by atoms with Gasteiger partial charge in [-0.05, 0) is 12.8 Å². The number of carbonyl (C=O) groups is 3. The minimum atomic E-state index is -1.24. The van der Waals surface area contributed by atoms with Gasteiger partial charge in [0.2, 0.25) is 11.8 Å². The zero-order valence-electron chi connectivity index (χ0n) is 8.72. The predicted molar refractivity (Wildman–Crippen MR) is 51.7 cm³/mol. The van der Waals surface area contributed by atoms with E-state index in [1.807, 2.05) is 12.2 Å². The van der Waals surface area contributed by atoms with Crippen LogP contribution in [0.1, 0.15) is 19.3 Å². The first-order chi connectivity index (χ1) is 7.61. The Balaban J connectivity index is 2.08. The Bertz CT molecular complexity index is 348. The normalized spacial score (nSPS) is 28.4. The summed E-state index contributed by atoms with van der Waals surface area (Å²) in [6.45, 7) is -0.0625. The summed E-state index contributed by atoms with van der Waals surface area (Å²) in [5.74, 6) is -2.27. The fourth-order valence-corrected chi connectivity index (χ4v) is 2.29. The average Bonchev–Trinajstić information content (AvgIpc) is 2.50. The first kappa shape index (κ1) is 10.9. The van der Waals surface area contributed by atoms with Gasteiger partial charge in [0.25, 0.3) is 0 Å². The van der Waals surface area contributed by atoms with Gasteiger partial charge in [0.05, 0.1) is 11.8 Å². The highest BCUT2D eigenvalue weighted by Crippen LogP contribution is 2.34. The van der Waals surface area contributed by atoms with E-state index < -0.39 is 5.97 Å². The van der Waals surface area contributed by atoms with E-state index >= 15 is 0 Å². The van der Waals surface area contributed by atoms with Crippen LogP contribution in [0.5, 0.6) is 0 Å². The number of imide groups is 1. The number of carboxylic acids is 1. The Morgan fingerprint density at radius 2 is 1.75 bits per heavy atom. The lowest BCUT2D eigenvalue weighted by molar-refractivity contribution is -0.305. The van der Waals surface area contributed by atoms with Crippen LogP contribution in [0.2, 0.25) is 0 Å². The molecule has 1 heterocycles. The number of likely N-dealkylation sites (tertiary alicyclic amines) is 1. The van der Waals surface area contributed by atoms with Gasteiger partial charge in [0.1, 0.15) is 0 Å². The van der Waals surface area contributed by atoms with E-state index in [0.29, 0.717) is 12.8 Å². The molecular formula is C11H12NO4-. The molecule has 0 aromatic heterocycles. The monoisotopic (exact) mass is 222 g/mol. The molecule has 2 rings (SSSR count). The van der Waals surface area contributed by atoms with E-state index in [4.69, 9.17) is 0 Å². The SMILES string of the molecule is O=C([O-])CCN1C(=O)[C@@H]2CC=CC[C@H]2C1=O. The lowest BCUT2D eigenvalue weighted by Gasteiger charge is -2.14. The van der Waals surface area contributed by atoms with Crippen LogP contribution in [0, 0.1) is 11.8 Å². The lowest BCUT2D eigenvalue weighted by atomic mass is 9.85. The van der Waals surface area contributed by atoms with Crippen LogP contribution in [0.25, 0.3) is 0 Å². The van der Waals surface area contributed by atoms with E-state index in [2.05, 4.69) is 0 Å². The summed E-state index contributed by atoms with van der Waals surface area (Å²) in [5.41, 5.74) is 0. The molecule has 1 fully saturated rings. The van der Waals surface area contributed by atoms with Gasteiger partial charge in [-0.1, -0.05) is 12.2 Å². The van der Waals surface area contributed by atoms with E-state index in [0.717, 1.165) is 4.90 Å². The van der Waals surface area contributed by atoms with Crippen molar-refractivity contribution in [2.75, 3.05) is 6.54 Å². The molecule has 0 unspecified atom stereocenters. The van der Waals surface area contributed by atoms with Crippen molar-refractivity contribution in [2.24, 2.45) is 11.8 Å². The maximum absolute atomic E-state index is 11.8. The van der Waals surface area contributed by atoms with E-state index in [1.54, 1.807) is 0 Å². The third kappa shape index (κ3) is 1.73. The lowest BCUT2D eigenvalue weighted by Crippen LogP contribution is -2.35.